The van der Waals surface area contributed by atoms with Crippen LogP contribution in [-0.4, -0.2) is 24.3 Å². The van der Waals surface area contributed by atoms with Gasteiger partial charge in [-0.25, -0.2) is 0 Å². The molecule has 1 aliphatic heterocycles. The largest absolute Gasteiger partial charge is 0.491 e. The summed E-state index contributed by atoms with van der Waals surface area (Å²) in [5, 5.41) is 0. The molecular formula is C15H19NO3. The molecule has 2 rings (SSSR count). The average Bonchev–Trinajstić information content (AvgIpc) is 2.39. The fourth-order valence-electron chi connectivity index (χ4n) is 2.03. The molecule has 1 saturated heterocycles. The Labute approximate surface area is 113 Å². The molecule has 1 aromatic rings. The maximum Gasteiger partial charge on any atom is 0.234 e. The van der Waals surface area contributed by atoms with Crippen molar-refractivity contribution in [2.75, 3.05) is 11.4 Å². The van der Waals surface area contributed by atoms with Crippen LogP contribution < -0.4 is 9.64 Å². The number of carbonyl (C=O) groups is 2. The van der Waals surface area contributed by atoms with Crippen LogP contribution in [-0.2, 0) is 9.59 Å². The number of anilines is 1. The third kappa shape index (κ3) is 3.34. The van der Waals surface area contributed by atoms with Crippen molar-refractivity contribution in [3.05, 3.63) is 24.3 Å². The topological polar surface area (TPSA) is 46.6 Å². The lowest BCUT2D eigenvalue weighted by Gasteiger charge is -2.26. The van der Waals surface area contributed by atoms with Crippen molar-refractivity contribution in [3.63, 3.8) is 0 Å². The van der Waals surface area contributed by atoms with Crippen LogP contribution in [0.5, 0.6) is 5.75 Å². The molecule has 4 heteroatoms. The van der Waals surface area contributed by atoms with Crippen LogP contribution in [0.3, 0.4) is 0 Å². The Bertz CT molecular complexity index is 484. The molecule has 1 fully saturated rings. The molecule has 4 nitrogen and oxygen atoms in total. The molecule has 0 aliphatic carbocycles. The van der Waals surface area contributed by atoms with Crippen LogP contribution in [0.2, 0.25) is 0 Å². The number of nitrogens with zero attached hydrogens (tertiary/aromatic N) is 1. The van der Waals surface area contributed by atoms with Crippen molar-refractivity contribution in [2.24, 2.45) is 0 Å². The van der Waals surface area contributed by atoms with Crippen LogP contribution in [0.15, 0.2) is 24.3 Å². The first kappa shape index (κ1) is 13.6. The van der Waals surface area contributed by atoms with Crippen LogP contribution in [0.25, 0.3) is 0 Å². The highest BCUT2D eigenvalue weighted by Gasteiger charge is 2.25. The zero-order valence-electron chi connectivity index (χ0n) is 11.4. The Kier molecular flexibility index (Phi) is 4.20. The van der Waals surface area contributed by atoms with E-state index in [0.29, 0.717) is 13.0 Å². The van der Waals surface area contributed by atoms with Crippen molar-refractivity contribution in [1.29, 1.82) is 0 Å². The van der Waals surface area contributed by atoms with Crippen LogP contribution in [0.1, 0.15) is 33.1 Å². The Balaban J connectivity index is 2.14. The van der Waals surface area contributed by atoms with Crippen LogP contribution in [0.4, 0.5) is 5.69 Å². The SMILES string of the molecule is CCC(C)Oc1cccc(N2CCC(=O)CC2=O)c1. The predicted octanol–water partition coefficient (Wildman–Crippen LogP) is 2.56. The average molecular weight is 261 g/mol. The minimum absolute atomic E-state index is 0.0104. The van der Waals surface area contributed by atoms with Crippen molar-refractivity contribution >= 4 is 17.4 Å². The van der Waals surface area contributed by atoms with Gasteiger partial charge in [0.15, 0.2) is 0 Å². The minimum Gasteiger partial charge on any atom is -0.491 e. The van der Waals surface area contributed by atoms with E-state index in [1.54, 1.807) is 4.90 Å². The van der Waals surface area contributed by atoms with E-state index in [0.717, 1.165) is 17.9 Å². The molecule has 1 heterocycles. The number of Topliss-reactive ketones (excluding diaryl/α,β-unsaturated/α-hetero) is 1. The maximum absolute atomic E-state index is 11.9. The number of amides is 1. The van der Waals surface area contributed by atoms with Gasteiger partial charge in [-0.15, -0.1) is 0 Å². The summed E-state index contributed by atoms with van der Waals surface area (Å²) in [6.45, 7) is 4.54. The molecule has 0 radical (unpaired) electrons. The first-order valence-electron chi connectivity index (χ1n) is 6.69. The van der Waals surface area contributed by atoms with E-state index in [-0.39, 0.29) is 24.2 Å². The van der Waals surface area contributed by atoms with Gasteiger partial charge in [0, 0.05) is 24.7 Å². The van der Waals surface area contributed by atoms with Crippen molar-refractivity contribution < 1.29 is 14.3 Å². The quantitative estimate of drug-likeness (QED) is 0.782. The van der Waals surface area contributed by atoms with Gasteiger partial charge in [-0.05, 0) is 25.5 Å². The molecule has 0 saturated carbocycles. The minimum atomic E-state index is -0.128. The standard InChI is InChI=1S/C15H19NO3/c1-3-11(2)19-14-6-4-5-12(9-14)16-8-7-13(17)10-15(16)18/h4-6,9,11H,3,7-8,10H2,1-2H3. The van der Waals surface area contributed by atoms with E-state index in [4.69, 9.17) is 4.74 Å². The number of piperidine rings is 1. The van der Waals surface area contributed by atoms with Gasteiger partial charge in [-0.1, -0.05) is 13.0 Å². The Morgan fingerprint density at radius 1 is 1.37 bits per heavy atom. The van der Waals surface area contributed by atoms with E-state index < -0.39 is 0 Å². The molecule has 19 heavy (non-hydrogen) atoms. The molecule has 1 atom stereocenters. The maximum atomic E-state index is 11.9. The Morgan fingerprint density at radius 2 is 2.16 bits per heavy atom. The van der Waals surface area contributed by atoms with Crippen molar-refractivity contribution in [1.82, 2.24) is 0 Å². The van der Waals surface area contributed by atoms with Gasteiger partial charge in [0.05, 0.1) is 12.5 Å². The number of ether oxygens (including phenoxy) is 1. The number of rotatable bonds is 4. The van der Waals surface area contributed by atoms with Gasteiger partial charge >= 0.3 is 0 Å². The number of ketones is 1. The van der Waals surface area contributed by atoms with Gasteiger partial charge in [0.2, 0.25) is 5.91 Å². The van der Waals surface area contributed by atoms with E-state index in [9.17, 15) is 9.59 Å². The molecular weight excluding hydrogens is 242 g/mol. The van der Waals surface area contributed by atoms with Crippen LogP contribution >= 0.6 is 0 Å². The number of hydrogen-bond acceptors (Lipinski definition) is 3. The Morgan fingerprint density at radius 3 is 2.84 bits per heavy atom. The molecule has 0 spiro atoms. The second-order valence-electron chi connectivity index (χ2n) is 4.84. The van der Waals surface area contributed by atoms with Gasteiger partial charge in [0.25, 0.3) is 0 Å². The van der Waals surface area contributed by atoms with E-state index in [2.05, 4.69) is 6.92 Å². The van der Waals surface area contributed by atoms with Crippen LogP contribution in [0, 0.1) is 0 Å². The molecule has 0 aromatic heterocycles. The van der Waals surface area contributed by atoms with Gasteiger partial charge in [0.1, 0.15) is 11.5 Å². The van der Waals surface area contributed by atoms with E-state index in [1.165, 1.54) is 0 Å². The fourth-order valence-corrected chi connectivity index (χ4v) is 2.03. The number of carbonyl (C=O) groups excluding carboxylic acids is 2. The lowest BCUT2D eigenvalue weighted by molar-refractivity contribution is -0.128. The summed E-state index contributed by atoms with van der Waals surface area (Å²) in [6.07, 6.45) is 1.52. The smallest absolute Gasteiger partial charge is 0.234 e. The Hall–Kier alpha value is -1.84. The van der Waals surface area contributed by atoms with Crippen molar-refractivity contribution in [3.8, 4) is 5.75 Å². The molecule has 0 bridgehead atoms. The molecule has 1 amide bonds. The lowest BCUT2D eigenvalue weighted by atomic mass is 10.1. The summed E-state index contributed by atoms with van der Waals surface area (Å²) in [5.41, 5.74) is 0.804. The van der Waals surface area contributed by atoms with E-state index in [1.807, 2.05) is 31.2 Å². The zero-order chi connectivity index (χ0) is 13.8. The normalized spacial score (nSPS) is 17.5. The molecule has 0 N–H and O–H groups in total. The molecule has 1 unspecified atom stereocenters. The first-order chi connectivity index (χ1) is 9.10. The summed E-state index contributed by atoms with van der Waals surface area (Å²) in [5.74, 6) is 0.654. The highest BCUT2D eigenvalue weighted by molar-refractivity contribution is 6.08. The van der Waals surface area contributed by atoms with Gasteiger partial charge in [-0.3, -0.25) is 9.59 Å². The van der Waals surface area contributed by atoms with Crippen molar-refractivity contribution in [2.45, 2.75) is 39.2 Å². The molecule has 1 aromatic carbocycles. The highest BCUT2D eigenvalue weighted by Crippen LogP contribution is 2.25. The monoisotopic (exact) mass is 261 g/mol. The molecule has 102 valence electrons. The number of benzene rings is 1. The third-order valence-corrected chi connectivity index (χ3v) is 3.31. The second-order valence-corrected chi connectivity index (χ2v) is 4.84. The highest BCUT2D eigenvalue weighted by atomic mass is 16.5. The summed E-state index contributed by atoms with van der Waals surface area (Å²) in [7, 11) is 0. The summed E-state index contributed by atoms with van der Waals surface area (Å²) in [4.78, 5) is 24.7. The first-order valence-corrected chi connectivity index (χ1v) is 6.69. The summed E-state index contributed by atoms with van der Waals surface area (Å²) < 4.78 is 5.75. The van der Waals surface area contributed by atoms with Gasteiger partial charge < -0.3 is 9.64 Å². The third-order valence-electron chi connectivity index (χ3n) is 3.31. The molecule has 1 aliphatic rings. The van der Waals surface area contributed by atoms with E-state index >= 15 is 0 Å². The lowest BCUT2D eigenvalue weighted by Crippen LogP contribution is -2.39. The zero-order valence-corrected chi connectivity index (χ0v) is 11.4. The second kappa shape index (κ2) is 5.87. The summed E-state index contributed by atoms with van der Waals surface area (Å²) >= 11 is 0. The fraction of sp³-hybridized carbons (Fsp3) is 0.467. The predicted molar refractivity (Wildman–Crippen MR) is 73.4 cm³/mol. The summed E-state index contributed by atoms with van der Waals surface area (Å²) in [6, 6.07) is 7.49. The van der Waals surface area contributed by atoms with Gasteiger partial charge in [-0.2, -0.15) is 0 Å². The number of hydrogen-bond donors (Lipinski definition) is 0.